The summed E-state index contributed by atoms with van der Waals surface area (Å²) in [6.45, 7) is 9.81. The third-order valence-corrected chi connectivity index (χ3v) is 7.55. The SMILES string of the molecule is CCNC(=NCc1ccc(S(=O)(=O)N(C)C(C)C)cc1)NCc1sccc1C.I. The molecule has 0 amide bonds. The van der Waals surface area contributed by atoms with Gasteiger partial charge in [0.05, 0.1) is 18.0 Å². The van der Waals surface area contributed by atoms with E-state index < -0.39 is 10.0 Å². The van der Waals surface area contributed by atoms with Crippen LogP contribution < -0.4 is 10.6 Å². The molecule has 0 saturated carbocycles. The van der Waals surface area contributed by atoms with Crippen LogP contribution in [-0.2, 0) is 23.1 Å². The zero-order valence-electron chi connectivity index (χ0n) is 17.6. The Hall–Kier alpha value is -1.17. The second-order valence-electron chi connectivity index (χ2n) is 6.83. The van der Waals surface area contributed by atoms with Crippen LogP contribution >= 0.6 is 35.3 Å². The van der Waals surface area contributed by atoms with Gasteiger partial charge in [0.1, 0.15) is 0 Å². The van der Waals surface area contributed by atoms with Gasteiger partial charge in [-0.2, -0.15) is 4.31 Å². The predicted molar refractivity (Wildman–Crippen MR) is 133 cm³/mol. The van der Waals surface area contributed by atoms with Crippen LogP contribution in [0.15, 0.2) is 45.6 Å². The van der Waals surface area contributed by atoms with Gasteiger partial charge in [-0.15, -0.1) is 35.3 Å². The lowest BCUT2D eigenvalue weighted by molar-refractivity contribution is 0.410. The molecule has 162 valence electrons. The van der Waals surface area contributed by atoms with Gasteiger partial charge >= 0.3 is 0 Å². The Morgan fingerprint density at radius 2 is 1.83 bits per heavy atom. The van der Waals surface area contributed by atoms with Gasteiger partial charge in [-0.25, -0.2) is 13.4 Å². The summed E-state index contributed by atoms with van der Waals surface area (Å²) in [5.74, 6) is 0.742. The van der Waals surface area contributed by atoms with Crippen LogP contribution in [0, 0.1) is 6.92 Å². The lowest BCUT2D eigenvalue weighted by atomic mass is 10.2. The lowest BCUT2D eigenvalue weighted by Gasteiger charge is -2.21. The molecule has 0 spiro atoms. The fourth-order valence-corrected chi connectivity index (χ4v) is 4.69. The van der Waals surface area contributed by atoms with Crippen LogP contribution in [0.25, 0.3) is 0 Å². The van der Waals surface area contributed by atoms with Crippen LogP contribution in [0.1, 0.15) is 36.8 Å². The Balaban J connectivity index is 0.00000420. The van der Waals surface area contributed by atoms with Gasteiger partial charge < -0.3 is 10.6 Å². The van der Waals surface area contributed by atoms with Gasteiger partial charge in [-0.05, 0) is 62.4 Å². The predicted octanol–water partition coefficient (Wildman–Crippen LogP) is 3.96. The zero-order chi connectivity index (χ0) is 20.7. The molecule has 9 heteroatoms. The maximum Gasteiger partial charge on any atom is 0.243 e. The quantitative estimate of drug-likeness (QED) is 0.297. The van der Waals surface area contributed by atoms with Crippen molar-refractivity contribution in [2.75, 3.05) is 13.6 Å². The molecule has 2 aromatic rings. The van der Waals surface area contributed by atoms with Crippen molar-refractivity contribution in [3.63, 3.8) is 0 Å². The van der Waals surface area contributed by atoms with Crippen LogP contribution in [0.3, 0.4) is 0 Å². The molecule has 0 aliphatic rings. The molecule has 2 rings (SSSR count). The second-order valence-corrected chi connectivity index (χ2v) is 9.83. The van der Waals surface area contributed by atoms with Crippen LogP contribution in [-0.4, -0.2) is 38.3 Å². The molecule has 0 radical (unpaired) electrons. The molecule has 1 aromatic carbocycles. The Kier molecular flexibility index (Phi) is 10.6. The maximum absolute atomic E-state index is 12.5. The zero-order valence-corrected chi connectivity index (χ0v) is 21.6. The van der Waals surface area contributed by atoms with E-state index in [1.807, 2.05) is 32.9 Å². The molecule has 0 unspecified atom stereocenters. The number of sulfonamides is 1. The average Bonchev–Trinajstić information content (AvgIpc) is 3.08. The number of aryl methyl sites for hydroxylation is 1. The van der Waals surface area contributed by atoms with E-state index in [1.165, 1.54) is 14.7 Å². The van der Waals surface area contributed by atoms with Gasteiger partial charge in [0.25, 0.3) is 0 Å². The Morgan fingerprint density at radius 3 is 2.34 bits per heavy atom. The van der Waals surface area contributed by atoms with Crippen molar-refractivity contribution in [2.24, 2.45) is 4.99 Å². The highest BCUT2D eigenvalue weighted by Crippen LogP contribution is 2.18. The number of hydrogen-bond acceptors (Lipinski definition) is 4. The smallest absolute Gasteiger partial charge is 0.243 e. The first-order chi connectivity index (χ1) is 13.3. The number of benzene rings is 1. The van der Waals surface area contributed by atoms with Gasteiger partial charge in [0.15, 0.2) is 5.96 Å². The molecule has 0 saturated heterocycles. The van der Waals surface area contributed by atoms with Crippen molar-refractivity contribution in [2.45, 2.75) is 51.7 Å². The largest absolute Gasteiger partial charge is 0.357 e. The summed E-state index contributed by atoms with van der Waals surface area (Å²) in [4.78, 5) is 6.19. The highest BCUT2D eigenvalue weighted by atomic mass is 127. The van der Waals surface area contributed by atoms with E-state index in [-0.39, 0.29) is 30.0 Å². The van der Waals surface area contributed by atoms with Crippen LogP contribution in [0.5, 0.6) is 0 Å². The number of nitrogens with one attached hydrogen (secondary N) is 2. The summed E-state index contributed by atoms with van der Waals surface area (Å²) >= 11 is 1.73. The minimum absolute atomic E-state index is 0. The van der Waals surface area contributed by atoms with E-state index in [1.54, 1.807) is 30.5 Å². The Labute approximate surface area is 195 Å². The van der Waals surface area contributed by atoms with Crippen molar-refractivity contribution in [3.8, 4) is 0 Å². The first-order valence-corrected chi connectivity index (χ1v) is 11.7. The molecule has 0 bridgehead atoms. The lowest BCUT2D eigenvalue weighted by Crippen LogP contribution is -2.36. The first-order valence-electron chi connectivity index (χ1n) is 9.37. The number of guanidine groups is 1. The molecule has 0 fully saturated rings. The molecule has 1 heterocycles. The van der Waals surface area contributed by atoms with E-state index in [4.69, 9.17) is 0 Å². The topological polar surface area (TPSA) is 73.8 Å². The van der Waals surface area contributed by atoms with E-state index >= 15 is 0 Å². The summed E-state index contributed by atoms with van der Waals surface area (Å²) in [5, 5.41) is 8.67. The maximum atomic E-state index is 12.5. The first kappa shape index (κ1) is 25.9. The molecule has 6 nitrogen and oxygen atoms in total. The Morgan fingerprint density at radius 1 is 1.17 bits per heavy atom. The molecular formula is C20H31IN4O2S2. The van der Waals surface area contributed by atoms with Crippen molar-refractivity contribution in [1.82, 2.24) is 14.9 Å². The standard InChI is InChI=1S/C20H30N4O2S2.HI/c1-6-21-20(23-14-19-16(4)11-12-27-19)22-13-17-7-9-18(10-8-17)28(25,26)24(5)15(2)3;/h7-12,15H,6,13-14H2,1-5H3,(H2,21,22,23);1H. The van der Waals surface area contributed by atoms with Crippen molar-refractivity contribution in [3.05, 3.63) is 51.7 Å². The third kappa shape index (κ3) is 7.23. The van der Waals surface area contributed by atoms with E-state index in [9.17, 15) is 8.42 Å². The average molecular weight is 551 g/mol. The number of halogens is 1. The highest BCUT2D eigenvalue weighted by molar-refractivity contribution is 14.0. The van der Waals surface area contributed by atoms with Crippen LogP contribution in [0.4, 0.5) is 0 Å². The van der Waals surface area contributed by atoms with Gasteiger partial charge in [-0.1, -0.05) is 12.1 Å². The summed E-state index contributed by atoms with van der Waals surface area (Å²) in [7, 11) is -1.86. The monoisotopic (exact) mass is 550 g/mol. The Bertz CT molecular complexity index is 893. The number of aliphatic imine (C=N–C) groups is 1. The third-order valence-electron chi connectivity index (χ3n) is 4.48. The number of rotatable bonds is 8. The molecule has 0 atom stereocenters. The van der Waals surface area contributed by atoms with Gasteiger partial charge in [0, 0.05) is 24.5 Å². The second kappa shape index (κ2) is 11.9. The fourth-order valence-electron chi connectivity index (χ4n) is 2.47. The number of thiophene rings is 1. The molecule has 29 heavy (non-hydrogen) atoms. The fraction of sp³-hybridized carbons (Fsp3) is 0.450. The normalized spacial score (nSPS) is 12.2. The number of hydrogen-bond donors (Lipinski definition) is 2. The van der Waals surface area contributed by atoms with E-state index in [0.717, 1.165) is 24.6 Å². The van der Waals surface area contributed by atoms with E-state index in [2.05, 4.69) is 34.0 Å². The number of nitrogens with zero attached hydrogens (tertiary/aromatic N) is 2. The summed E-state index contributed by atoms with van der Waals surface area (Å²) < 4.78 is 26.5. The minimum atomic E-state index is -3.46. The van der Waals surface area contributed by atoms with Crippen LogP contribution in [0.2, 0.25) is 0 Å². The molecule has 1 aromatic heterocycles. The van der Waals surface area contributed by atoms with E-state index in [0.29, 0.717) is 11.4 Å². The summed E-state index contributed by atoms with van der Waals surface area (Å²) in [5.41, 5.74) is 2.23. The molecule has 0 aliphatic carbocycles. The molecule has 2 N–H and O–H groups in total. The summed E-state index contributed by atoms with van der Waals surface area (Å²) in [6.07, 6.45) is 0. The van der Waals surface area contributed by atoms with Crippen molar-refractivity contribution < 1.29 is 8.42 Å². The van der Waals surface area contributed by atoms with Gasteiger partial charge in [0.2, 0.25) is 10.0 Å². The van der Waals surface area contributed by atoms with Gasteiger partial charge in [-0.3, -0.25) is 0 Å². The van der Waals surface area contributed by atoms with Crippen molar-refractivity contribution in [1.29, 1.82) is 0 Å². The summed E-state index contributed by atoms with van der Waals surface area (Å²) in [6, 6.07) is 8.95. The van der Waals surface area contributed by atoms with Crippen molar-refractivity contribution >= 4 is 51.3 Å². The molecular weight excluding hydrogens is 519 g/mol. The minimum Gasteiger partial charge on any atom is -0.357 e. The highest BCUT2D eigenvalue weighted by Gasteiger charge is 2.22. The molecule has 0 aliphatic heterocycles.